The van der Waals surface area contributed by atoms with Gasteiger partial charge in [-0.1, -0.05) is 18.2 Å². The van der Waals surface area contributed by atoms with Gasteiger partial charge in [-0.2, -0.15) is 0 Å². The van der Waals surface area contributed by atoms with E-state index in [1.165, 1.54) is 19.2 Å². The molecule has 2 amide bonds. The maximum atomic E-state index is 13.4. The highest BCUT2D eigenvalue weighted by Gasteiger charge is 2.15. The van der Waals surface area contributed by atoms with Crippen LogP contribution in [-0.4, -0.2) is 25.7 Å². The van der Waals surface area contributed by atoms with Crippen LogP contribution in [0.5, 0.6) is 0 Å². The van der Waals surface area contributed by atoms with Gasteiger partial charge in [-0.05, 0) is 31.0 Å². The molecule has 0 aliphatic rings. The lowest BCUT2D eigenvalue weighted by Crippen LogP contribution is -2.36. The largest absolute Gasteiger partial charge is 0.465 e. The first kappa shape index (κ1) is 17.5. The van der Waals surface area contributed by atoms with Crippen LogP contribution in [0.15, 0.2) is 34.7 Å². The van der Waals surface area contributed by atoms with Crippen LogP contribution in [0.4, 0.5) is 9.18 Å². The van der Waals surface area contributed by atoms with E-state index in [1.54, 1.807) is 25.1 Å². The molecule has 0 saturated heterocycles. The minimum absolute atomic E-state index is 0.128. The van der Waals surface area contributed by atoms with Crippen molar-refractivity contribution in [3.05, 3.63) is 58.8 Å². The minimum Gasteiger partial charge on any atom is -0.465 e. The normalized spacial score (nSPS) is 10.3. The molecule has 2 rings (SSSR count). The Labute approximate surface area is 139 Å². The van der Waals surface area contributed by atoms with Gasteiger partial charge in [0.1, 0.15) is 22.9 Å². The van der Waals surface area contributed by atoms with Crippen LogP contribution in [0.3, 0.4) is 0 Å². The van der Waals surface area contributed by atoms with Crippen LogP contribution in [0.25, 0.3) is 0 Å². The summed E-state index contributed by atoms with van der Waals surface area (Å²) in [5, 5.41) is 5.24. The number of ether oxygens (including phenoxy) is 1. The molecule has 128 valence electrons. The molecule has 24 heavy (non-hydrogen) atoms. The number of carbonyl (C=O) groups excluding carboxylic acids is 2. The molecule has 2 N–H and O–H groups in total. The van der Waals surface area contributed by atoms with Gasteiger partial charge in [-0.25, -0.2) is 14.0 Å². The summed E-state index contributed by atoms with van der Waals surface area (Å²) in [5.41, 5.74) is 0.872. The molecule has 0 unspecified atom stereocenters. The van der Waals surface area contributed by atoms with Crippen molar-refractivity contribution in [2.24, 2.45) is 0 Å². The zero-order valence-corrected chi connectivity index (χ0v) is 13.5. The number of urea groups is 1. The second-order valence-electron chi connectivity index (χ2n) is 5.13. The highest BCUT2D eigenvalue weighted by atomic mass is 19.1. The van der Waals surface area contributed by atoms with E-state index in [0.29, 0.717) is 35.6 Å². The first-order valence-corrected chi connectivity index (χ1v) is 7.44. The van der Waals surface area contributed by atoms with Gasteiger partial charge in [0, 0.05) is 6.54 Å². The number of halogens is 1. The molecular formula is C17H19FN2O4. The van der Waals surface area contributed by atoms with Gasteiger partial charge in [0.25, 0.3) is 0 Å². The molecule has 1 aromatic carbocycles. The van der Waals surface area contributed by atoms with Crippen LogP contribution < -0.4 is 10.6 Å². The number of hydrogen-bond donors (Lipinski definition) is 2. The van der Waals surface area contributed by atoms with Gasteiger partial charge < -0.3 is 19.8 Å². The molecule has 1 aromatic heterocycles. The predicted molar refractivity (Wildman–Crippen MR) is 85.1 cm³/mol. The Hall–Kier alpha value is -2.83. The smallest absolute Gasteiger partial charge is 0.341 e. The summed E-state index contributed by atoms with van der Waals surface area (Å²) in [5.74, 6) is 0.0914. The third-order valence-corrected chi connectivity index (χ3v) is 3.44. The summed E-state index contributed by atoms with van der Waals surface area (Å²) in [6, 6.07) is 7.55. The van der Waals surface area contributed by atoms with Crippen molar-refractivity contribution in [1.29, 1.82) is 0 Å². The summed E-state index contributed by atoms with van der Waals surface area (Å²) in [7, 11) is 1.29. The van der Waals surface area contributed by atoms with Gasteiger partial charge in [0.15, 0.2) is 0 Å². The second-order valence-corrected chi connectivity index (χ2v) is 5.13. The van der Waals surface area contributed by atoms with Gasteiger partial charge in [0.05, 0.1) is 13.7 Å². The molecule has 0 atom stereocenters. The van der Waals surface area contributed by atoms with E-state index in [1.807, 2.05) is 0 Å². The predicted octanol–water partition coefficient (Wildman–Crippen LogP) is 2.56. The highest BCUT2D eigenvalue weighted by Crippen LogP contribution is 2.15. The van der Waals surface area contributed by atoms with Crippen molar-refractivity contribution in [3.63, 3.8) is 0 Å². The second kappa shape index (κ2) is 8.14. The number of esters is 1. The molecule has 0 bridgehead atoms. The van der Waals surface area contributed by atoms with Gasteiger partial charge in [0.2, 0.25) is 0 Å². The Morgan fingerprint density at radius 2 is 2.00 bits per heavy atom. The molecule has 0 saturated carbocycles. The Balaban J connectivity index is 1.77. The lowest BCUT2D eigenvalue weighted by Gasteiger charge is -2.07. The number of rotatable bonds is 6. The van der Waals surface area contributed by atoms with Crippen molar-refractivity contribution in [1.82, 2.24) is 10.6 Å². The van der Waals surface area contributed by atoms with Crippen molar-refractivity contribution < 1.29 is 23.1 Å². The quantitative estimate of drug-likeness (QED) is 0.796. The number of aryl methyl sites for hydroxylation is 1. The monoisotopic (exact) mass is 334 g/mol. The Bertz CT molecular complexity index is 727. The van der Waals surface area contributed by atoms with Gasteiger partial charge >= 0.3 is 12.0 Å². The molecule has 6 nitrogen and oxygen atoms in total. The van der Waals surface area contributed by atoms with Crippen LogP contribution in [0.2, 0.25) is 0 Å². The molecule has 1 heterocycles. The standard InChI is InChI=1S/C17H19FN2O4/c1-11-14(16(21)23-2)9-13(24-11)10-20-17(22)19-8-7-12-5-3-4-6-15(12)18/h3-6,9H,7-8,10H2,1-2H3,(H2,19,20,22). The Kier molecular flexibility index (Phi) is 5.95. The molecule has 0 aliphatic carbocycles. The van der Waals surface area contributed by atoms with E-state index in [0.717, 1.165) is 0 Å². The zero-order chi connectivity index (χ0) is 17.5. The molecule has 0 spiro atoms. The molecular weight excluding hydrogens is 315 g/mol. The van der Waals surface area contributed by atoms with E-state index in [4.69, 9.17) is 4.42 Å². The number of benzene rings is 1. The lowest BCUT2D eigenvalue weighted by molar-refractivity contribution is 0.0598. The Morgan fingerprint density at radius 1 is 1.25 bits per heavy atom. The fourth-order valence-corrected chi connectivity index (χ4v) is 2.19. The maximum absolute atomic E-state index is 13.4. The van der Waals surface area contributed by atoms with Gasteiger partial charge in [-0.3, -0.25) is 0 Å². The maximum Gasteiger partial charge on any atom is 0.341 e. The van der Waals surface area contributed by atoms with Crippen molar-refractivity contribution in [3.8, 4) is 0 Å². The summed E-state index contributed by atoms with van der Waals surface area (Å²) in [6.45, 7) is 2.07. The van der Waals surface area contributed by atoms with Crippen molar-refractivity contribution in [2.45, 2.75) is 19.9 Å². The SMILES string of the molecule is COC(=O)c1cc(CNC(=O)NCCc2ccccc2F)oc1C. The van der Waals surface area contributed by atoms with E-state index >= 15 is 0 Å². The summed E-state index contributed by atoms with van der Waals surface area (Å²) in [4.78, 5) is 23.2. The number of hydrogen-bond acceptors (Lipinski definition) is 4. The fraction of sp³-hybridized carbons (Fsp3) is 0.294. The topological polar surface area (TPSA) is 80.6 Å². The van der Waals surface area contributed by atoms with Crippen molar-refractivity contribution in [2.75, 3.05) is 13.7 Å². The number of furan rings is 1. The van der Waals surface area contributed by atoms with E-state index in [9.17, 15) is 14.0 Å². The molecule has 2 aromatic rings. The van der Waals surface area contributed by atoms with Crippen molar-refractivity contribution >= 4 is 12.0 Å². The zero-order valence-electron chi connectivity index (χ0n) is 13.5. The number of methoxy groups -OCH3 is 1. The van der Waals surface area contributed by atoms with Crippen LogP contribution in [0, 0.1) is 12.7 Å². The molecule has 0 aliphatic heterocycles. The number of carbonyl (C=O) groups is 2. The third-order valence-electron chi connectivity index (χ3n) is 3.44. The summed E-state index contributed by atoms with van der Waals surface area (Å²) < 4.78 is 23.5. The lowest BCUT2D eigenvalue weighted by atomic mass is 10.1. The first-order chi connectivity index (χ1) is 11.5. The molecule has 0 fully saturated rings. The molecule has 0 radical (unpaired) electrons. The Morgan fingerprint density at radius 3 is 2.71 bits per heavy atom. The average Bonchev–Trinajstić information content (AvgIpc) is 2.95. The minimum atomic E-state index is -0.489. The van der Waals surface area contributed by atoms with Crippen LogP contribution in [0.1, 0.15) is 27.4 Å². The fourth-order valence-electron chi connectivity index (χ4n) is 2.19. The van der Waals surface area contributed by atoms with E-state index in [-0.39, 0.29) is 12.4 Å². The van der Waals surface area contributed by atoms with E-state index in [2.05, 4.69) is 15.4 Å². The average molecular weight is 334 g/mol. The number of nitrogens with one attached hydrogen (secondary N) is 2. The summed E-state index contributed by atoms with van der Waals surface area (Å²) >= 11 is 0. The van der Waals surface area contributed by atoms with Crippen LogP contribution >= 0.6 is 0 Å². The highest BCUT2D eigenvalue weighted by molar-refractivity contribution is 5.90. The van der Waals surface area contributed by atoms with Crippen LogP contribution in [-0.2, 0) is 17.7 Å². The summed E-state index contributed by atoms with van der Waals surface area (Å²) in [6.07, 6.45) is 0.395. The van der Waals surface area contributed by atoms with E-state index < -0.39 is 12.0 Å². The first-order valence-electron chi connectivity index (χ1n) is 7.44. The third kappa shape index (κ3) is 4.58. The van der Waals surface area contributed by atoms with Gasteiger partial charge in [-0.15, -0.1) is 0 Å². The molecule has 7 heteroatoms. The number of amides is 2.